The molecule has 40 valence electrons. The fourth-order valence-corrected chi connectivity index (χ4v) is 0. The van der Waals surface area contributed by atoms with Crippen LogP contribution in [0.2, 0.25) is 0 Å². The van der Waals surface area contributed by atoms with Gasteiger partial charge in [0.1, 0.15) is 0 Å². The van der Waals surface area contributed by atoms with Gasteiger partial charge in [0, 0.05) is 0 Å². The second-order valence-corrected chi connectivity index (χ2v) is 0.667. The van der Waals surface area contributed by atoms with Gasteiger partial charge in [-0.2, -0.15) is 0 Å². The highest BCUT2D eigenvalue weighted by Gasteiger charge is 1.34. The third-order valence-corrected chi connectivity index (χ3v) is 0.333. The lowest BCUT2D eigenvalue weighted by molar-refractivity contribution is 1.64. The summed E-state index contributed by atoms with van der Waals surface area (Å²) in [5.41, 5.74) is 0. The van der Waals surface area contributed by atoms with E-state index in [4.69, 9.17) is 0 Å². The molecule has 0 atom stereocenters. The molecule has 0 aromatic carbocycles. The maximum Gasteiger partial charge on any atom is -0.0470 e. The Balaban J connectivity index is -0.0000000450. The van der Waals surface area contributed by atoms with Crippen molar-refractivity contribution in [3.63, 3.8) is 0 Å². The van der Waals surface area contributed by atoms with E-state index < -0.39 is 0 Å². The predicted molar refractivity (Wildman–Crippen MR) is 30.5 cm³/mol. The van der Waals surface area contributed by atoms with Crippen molar-refractivity contribution in [1.29, 1.82) is 0 Å². The summed E-state index contributed by atoms with van der Waals surface area (Å²) in [5.74, 6) is 0. The van der Waals surface area contributed by atoms with Crippen molar-refractivity contribution in [1.82, 2.24) is 12.3 Å². The molecule has 0 aliphatic rings. The van der Waals surface area contributed by atoms with Crippen LogP contribution in [0.25, 0.3) is 0 Å². The topological polar surface area (TPSA) is 70.0 Å². The van der Waals surface area contributed by atoms with Crippen LogP contribution in [-0.2, 0) is 0 Å². The Morgan fingerprint density at radius 3 is 1.00 bits per heavy atom. The predicted octanol–water partition coefficient (Wildman–Crippen LogP) is 1.91. The van der Waals surface area contributed by atoms with Crippen molar-refractivity contribution in [2.45, 2.75) is 13.8 Å². The first-order valence-corrected chi connectivity index (χ1v) is 1.49. The molecule has 0 amide bonds. The van der Waals surface area contributed by atoms with Gasteiger partial charge < -0.3 is 12.3 Å². The van der Waals surface area contributed by atoms with Crippen molar-refractivity contribution in [3.05, 3.63) is 12.2 Å². The zero-order valence-corrected chi connectivity index (χ0v) is 4.57. The van der Waals surface area contributed by atoms with E-state index in [9.17, 15) is 0 Å². The molecular formula is C4H14N2. The van der Waals surface area contributed by atoms with Gasteiger partial charge in [0.2, 0.25) is 0 Å². The zero-order chi connectivity index (χ0) is 3.41. The van der Waals surface area contributed by atoms with E-state index in [-0.39, 0.29) is 12.3 Å². The molecule has 0 saturated heterocycles. The van der Waals surface area contributed by atoms with Gasteiger partial charge in [-0.15, -0.1) is 0 Å². The lowest BCUT2D eigenvalue weighted by atomic mass is 10.6. The van der Waals surface area contributed by atoms with Crippen LogP contribution in [0.15, 0.2) is 12.2 Å². The van der Waals surface area contributed by atoms with E-state index >= 15 is 0 Å². The zero-order valence-electron chi connectivity index (χ0n) is 4.57. The van der Waals surface area contributed by atoms with Gasteiger partial charge in [-0.3, -0.25) is 0 Å². The molecule has 0 bridgehead atoms. The van der Waals surface area contributed by atoms with E-state index in [1.807, 2.05) is 26.0 Å². The van der Waals surface area contributed by atoms with Crippen molar-refractivity contribution in [3.8, 4) is 0 Å². The molecule has 0 rings (SSSR count). The van der Waals surface area contributed by atoms with Crippen molar-refractivity contribution < 1.29 is 0 Å². The molecule has 2 nitrogen and oxygen atoms in total. The molecule has 0 aliphatic carbocycles. The standard InChI is InChI=1S/C4H8.2H3N/c1-3-4-2;;/h3-4H,1-2H3;2*1H3/b4-3+;;. The van der Waals surface area contributed by atoms with Crippen LogP contribution in [0.1, 0.15) is 13.8 Å². The van der Waals surface area contributed by atoms with Crippen molar-refractivity contribution in [2.24, 2.45) is 0 Å². The summed E-state index contributed by atoms with van der Waals surface area (Å²) in [4.78, 5) is 0. The first kappa shape index (κ1) is 17.4. The second-order valence-electron chi connectivity index (χ2n) is 0.667. The summed E-state index contributed by atoms with van der Waals surface area (Å²) in [6.45, 7) is 4.00. The highest BCUT2D eigenvalue weighted by Crippen LogP contribution is 1.57. The second kappa shape index (κ2) is 22.7. The molecule has 0 aliphatic heterocycles. The van der Waals surface area contributed by atoms with Gasteiger partial charge in [-0.1, -0.05) is 12.2 Å². The van der Waals surface area contributed by atoms with Gasteiger partial charge in [-0.25, -0.2) is 0 Å². The monoisotopic (exact) mass is 90.1 g/mol. The van der Waals surface area contributed by atoms with E-state index in [2.05, 4.69) is 0 Å². The Hall–Kier alpha value is -0.340. The Bertz CT molecular complexity index is 20.7. The van der Waals surface area contributed by atoms with Crippen LogP contribution >= 0.6 is 0 Å². The van der Waals surface area contributed by atoms with Gasteiger partial charge in [0.05, 0.1) is 0 Å². The summed E-state index contributed by atoms with van der Waals surface area (Å²) in [7, 11) is 0. The van der Waals surface area contributed by atoms with E-state index in [0.717, 1.165) is 0 Å². The smallest absolute Gasteiger partial charge is 0.0470 e. The quantitative estimate of drug-likeness (QED) is 0.446. The molecule has 0 spiro atoms. The van der Waals surface area contributed by atoms with Crippen LogP contribution in [-0.4, -0.2) is 0 Å². The van der Waals surface area contributed by atoms with Crippen molar-refractivity contribution in [2.75, 3.05) is 0 Å². The number of rotatable bonds is 0. The Labute approximate surface area is 39.4 Å². The molecule has 0 fully saturated rings. The molecule has 6 N–H and O–H groups in total. The van der Waals surface area contributed by atoms with Crippen molar-refractivity contribution >= 4 is 0 Å². The molecular weight excluding hydrogens is 76.1 g/mol. The summed E-state index contributed by atoms with van der Waals surface area (Å²) in [5, 5.41) is 0. The van der Waals surface area contributed by atoms with Crippen LogP contribution in [0.5, 0.6) is 0 Å². The molecule has 0 radical (unpaired) electrons. The number of hydrogen-bond donors (Lipinski definition) is 2. The van der Waals surface area contributed by atoms with E-state index in [1.165, 1.54) is 0 Å². The highest BCUT2D eigenvalue weighted by atomic mass is 14.0. The van der Waals surface area contributed by atoms with Crippen LogP contribution < -0.4 is 12.3 Å². The van der Waals surface area contributed by atoms with Gasteiger partial charge in [-0.05, 0) is 13.8 Å². The van der Waals surface area contributed by atoms with Crippen LogP contribution in [0.3, 0.4) is 0 Å². The van der Waals surface area contributed by atoms with E-state index in [1.54, 1.807) is 0 Å². The average Bonchev–Trinajstić information content (AvgIpc) is 1.37. The van der Waals surface area contributed by atoms with E-state index in [0.29, 0.717) is 0 Å². The maximum atomic E-state index is 2.00. The minimum Gasteiger partial charge on any atom is -0.344 e. The third kappa shape index (κ3) is 59.5. The lowest BCUT2D eigenvalue weighted by Gasteiger charge is -1.49. The van der Waals surface area contributed by atoms with Gasteiger partial charge in [0.15, 0.2) is 0 Å². The lowest BCUT2D eigenvalue weighted by Crippen LogP contribution is -1.26. The minimum atomic E-state index is 0. The molecule has 2 heteroatoms. The third-order valence-electron chi connectivity index (χ3n) is 0.333. The number of hydrogen-bond acceptors (Lipinski definition) is 2. The summed E-state index contributed by atoms with van der Waals surface area (Å²) >= 11 is 0. The maximum absolute atomic E-state index is 2.00. The SMILES string of the molecule is C/C=C/C.N.N. The minimum absolute atomic E-state index is 0. The summed E-state index contributed by atoms with van der Waals surface area (Å²) < 4.78 is 0. The Morgan fingerprint density at radius 1 is 0.833 bits per heavy atom. The summed E-state index contributed by atoms with van der Waals surface area (Å²) in [6.07, 6.45) is 4.00. The molecule has 0 aromatic heterocycles. The van der Waals surface area contributed by atoms with Crippen LogP contribution in [0.4, 0.5) is 0 Å². The molecule has 0 aromatic rings. The summed E-state index contributed by atoms with van der Waals surface area (Å²) in [6, 6.07) is 0. The fourth-order valence-electron chi connectivity index (χ4n) is 0. The van der Waals surface area contributed by atoms with Gasteiger partial charge >= 0.3 is 0 Å². The fraction of sp³-hybridized carbons (Fsp3) is 0.500. The van der Waals surface area contributed by atoms with Gasteiger partial charge in [0.25, 0.3) is 0 Å². The highest BCUT2D eigenvalue weighted by molar-refractivity contribution is 4.68. The molecule has 0 saturated carbocycles. The largest absolute Gasteiger partial charge is 0.344 e. The van der Waals surface area contributed by atoms with Crippen LogP contribution in [0, 0.1) is 0 Å². The first-order chi connectivity index (χ1) is 1.91. The molecule has 6 heavy (non-hydrogen) atoms. The average molecular weight is 90.2 g/mol. The Morgan fingerprint density at radius 2 is 1.00 bits per heavy atom. The first-order valence-electron chi connectivity index (χ1n) is 1.49. The molecule has 0 heterocycles. The normalized spacial score (nSPS) is 6.33. The Kier molecular flexibility index (Phi) is 65.6. The molecule has 0 unspecified atom stereocenters. The number of allylic oxidation sites excluding steroid dienone is 2.